The van der Waals surface area contributed by atoms with Crippen molar-refractivity contribution in [3.8, 4) is 0 Å². The molecular formula is C20H36NO4-. The van der Waals surface area contributed by atoms with Crippen molar-refractivity contribution in [3.63, 3.8) is 0 Å². The number of nitrogens with zero attached hydrogens (tertiary/aromatic N) is 1. The molecule has 1 heterocycles. The summed E-state index contributed by atoms with van der Waals surface area (Å²) in [4.78, 5) is 24.8. The van der Waals surface area contributed by atoms with Crippen LogP contribution in [0.15, 0.2) is 0 Å². The number of piperidine rings is 1. The first-order chi connectivity index (χ1) is 11.5. The second kappa shape index (κ2) is 9.56. The second-order valence-corrected chi connectivity index (χ2v) is 8.70. The van der Waals surface area contributed by atoms with Gasteiger partial charge >= 0.3 is 5.97 Å². The fourth-order valence-electron chi connectivity index (χ4n) is 3.85. The van der Waals surface area contributed by atoms with Crippen LogP contribution < -0.4 is 5.11 Å². The molecule has 5 nitrogen and oxygen atoms in total. The molecule has 1 aliphatic heterocycles. The molecule has 0 aromatic heterocycles. The van der Waals surface area contributed by atoms with Crippen LogP contribution in [0.4, 0.5) is 0 Å². The molecule has 0 aliphatic carbocycles. The number of likely N-dealkylation sites (tertiary alicyclic amines) is 1. The van der Waals surface area contributed by atoms with Crippen LogP contribution in [0.2, 0.25) is 0 Å². The Bertz CT molecular complexity index is 427. The second-order valence-electron chi connectivity index (χ2n) is 8.70. The van der Waals surface area contributed by atoms with E-state index in [1.165, 1.54) is 0 Å². The molecule has 25 heavy (non-hydrogen) atoms. The van der Waals surface area contributed by atoms with Gasteiger partial charge in [-0.3, -0.25) is 9.69 Å². The number of hydrogen-bond donors (Lipinski definition) is 0. The first-order valence-electron chi connectivity index (χ1n) is 9.68. The number of esters is 1. The zero-order valence-electron chi connectivity index (χ0n) is 16.7. The molecule has 1 aliphatic rings. The van der Waals surface area contributed by atoms with E-state index in [1.807, 2.05) is 0 Å². The highest BCUT2D eigenvalue weighted by Crippen LogP contribution is 2.38. The van der Waals surface area contributed by atoms with E-state index in [2.05, 4.69) is 39.6 Å². The highest BCUT2D eigenvalue weighted by Gasteiger charge is 2.44. The molecule has 0 atom stereocenters. The number of aliphatic carboxylic acids is 1. The van der Waals surface area contributed by atoms with Gasteiger partial charge < -0.3 is 14.6 Å². The van der Waals surface area contributed by atoms with Gasteiger partial charge in [0.25, 0.3) is 0 Å². The van der Waals surface area contributed by atoms with E-state index >= 15 is 0 Å². The minimum Gasteiger partial charge on any atom is -0.550 e. The number of rotatable bonds is 10. The quantitative estimate of drug-likeness (QED) is 0.445. The van der Waals surface area contributed by atoms with Crippen LogP contribution in [0.5, 0.6) is 0 Å². The Hall–Kier alpha value is -1.10. The van der Waals surface area contributed by atoms with Crippen molar-refractivity contribution in [2.75, 3.05) is 7.05 Å². The van der Waals surface area contributed by atoms with E-state index in [4.69, 9.17) is 4.74 Å². The number of ether oxygens (including phenoxy) is 1. The summed E-state index contributed by atoms with van der Waals surface area (Å²) < 4.78 is 5.74. The molecule has 0 unspecified atom stereocenters. The van der Waals surface area contributed by atoms with Crippen molar-refractivity contribution in [3.05, 3.63) is 0 Å². The third-order valence-electron chi connectivity index (χ3n) is 5.58. The summed E-state index contributed by atoms with van der Waals surface area (Å²) in [7, 11) is 2.14. The third-order valence-corrected chi connectivity index (χ3v) is 5.58. The summed E-state index contributed by atoms with van der Waals surface area (Å²) >= 11 is 0. The Kier molecular flexibility index (Phi) is 8.39. The highest BCUT2D eigenvalue weighted by molar-refractivity contribution is 5.69. The summed E-state index contributed by atoms with van der Waals surface area (Å²) in [5.74, 6) is -1.05. The van der Waals surface area contributed by atoms with Gasteiger partial charge in [-0.25, -0.2) is 0 Å². The fraction of sp³-hybridized carbons (Fsp3) is 0.900. The predicted molar refractivity (Wildman–Crippen MR) is 97.0 cm³/mol. The summed E-state index contributed by atoms with van der Waals surface area (Å²) in [6, 6.07) is 0. The molecule has 0 radical (unpaired) electrons. The van der Waals surface area contributed by atoms with Gasteiger partial charge in [-0.1, -0.05) is 25.7 Å². The van der Waals surface area contributed by atoms with Crippen LogP contribution in [0.1, 0.15) is 91.9 Å². The lowest BCUT2D eigenvalue weighted by molar-refractivity contribution is -0.305. The Morgan fingerprint density at radius 1 is 0.920 bits per heavy atom. The lowest BCUT2D eigenvalue weighted by Gasteiger charge is -2.53. The average molecular weight is 355 g/mol. The predicted octanol–water partition coefficient (Wildman–Crippen LogP) is 3.05. The molecule has 1 saturated heterocycles. The summed E-state index contributed by atoms with van der Waals surface area (Å²) in [5, 5.41) is 10.3. The molecule has 5 heteroatoms. The standard InChI is InChI=1S/C20H37NO4/c1-19(2)14-16(15-20(3,4)21(19)5)25-18(24)13-11-9-7-6-8-10-12-17(22)23/h16H,6-15H2,1-5H3,(H,22,23)/p-1. The minimum atomic E-state index is -0.969. The van der Waals surface area contributed by atoms with Crippen LogP contribution in [0.25, 0.3) is 0 Å². The van der Waals surface area contributed by atoms with Crippen molar-refractivity contribution < 1.29 is 19.4 Å². The van der Waals surface area contributed by atoms with Gasteiger partial charge in [0, 0.05) is 36.3 Å². The third kappa shape index (κ3) is 7.76. The van der Waals surface area contributed by atoms with Crippen LogP contribution in [-0.4, -0.2) is 41.1 Å². The number of unbranched alkanes of at least 4 members (excludes halogenated alkanes) is 5. The molecule has 0 aromatic carbocycles. The Morgan fingerprint density at radius 2 is 1.36 bits per heavy atom. The normalized spacial score (nSPS) is 20.4. The van der Waals surface area contributed by atoms with Crippen molar-refractivity contribution in [1.82, 2.24) is 4.90 Å². The van der Waals surface area contributed by atoms with Gasteiger partial charge in [0.05, 0.1) is 0 Å². The van der Waals surface area contributed by atoms with Crippen LogP contribution in [0, 0.1) is 0 Å². The number of carboxylic acid groups (broad SMARTS) is 1. The average Bonchev–Trinajstić information content (AvgIpc) is 2.46. The van der Waals surface area contributed by atoms with E-state index in [0.717, 1.165) is 44.9 Å². The number of hydrogen-bond acceptors (Lipinski definition) is 5. The molecular weight excluding hydrogens is 318 g/mol. The molecule has 0 spiro atoms. The number of carbonyl (C=O) groups is 2. The van der Waals surface area contributed by atoms with Crippen LogP contribution in [0.3, 0.4) is 0 Å². The zero-order chi connectivity index (χ0) is 19.1. The van der Waals surface area contributed by atoms with Crippen molar-refractivity contribution >= 4 is 11.9 Å². The summed E-state index contributed by atoms with van der Waals surface area (Å²) in [6.45, 7) is 8.81. The molecule has 0 N–H and O–H groups in total. The van der Waals surface area contributed by atoms with Gasteiger partial charge in [-0.05, 0) is 54.0 Å². The Labute approximate surface area is 153 Å². The van der Waals surface area contributed by atoms with E-state index in [9.17, 15) is 14.7 Å². The largest absolute Gasteiger partial charge is 0.550 e. The first-order valence-corrected chi connectivity index (χ1v) is 9.68. The molecule has 0 bridgehead atoms. The zero-order valence-corrected chi connectivity index (χ0v) is 16.7. The molecule has 0 amide bonds. The topological polar surface area (TPSA) is 69.7 Å². The van der Waals surface area contributed by atoms with E-state index in [0.29, 0.717) is 12.8 Å². The van der Waals surface area contributed by atoms with Gasteiger partial charge in [-0.15, -0.1) is 0 Å². The lowest BCUT2D eigenvalue weighted by atomic mass is 9.79. The maximum atomic E-state index is 12.1. The van der Waals surface area contributed by atoms with Gasteiger partial charge in [0.15, 0.2) is 0 Å². The SMILES string of the molecule is CN1C(C)(C)CC(OC(=O)CCCCCCCCC(=O)[O-])CC1(C)C. The monoisotopic (exact) mass is 354 g/mol. The smallest absolute Gasteiger partial charge is 0.306 e. The molecule has 146 valence electrons. The van der Waals surface area contributed by atoms with Gasteiger partial charge in [0.1, 0.15) is 6.10 Å². The van der Waals surface area contributed by atoms with E-state index < -0.39 is 5.97 Å². The highest BCUT2D eigenvalue weighted by atomic mass is 16.5. The Morgan fingerprint density at radius 3 is 1.84 bits per heavy atom. The van der Waals surface area contributed by atoms with Gasteiger partial charge in [-0.2, -0.15) is 0 Å². The molecule has 1 fully saturated rings. The maximum Gasteiger partial charge on any atom is 0.306 e. The summed E-state index contributed by atoms with van der Waals surface area (Å²) in [6.07, 6.45) is 7.86. The number of carboxylic acids is 1. The van der Waals surface area contributed by atoms with Crippen molar-refractivity contribution in [2.24, 2.45) is 0 Å². The van der Waals surface area contributed by atoms with Crippen LogP contribution >= 0.6 is 0 Å². The maximum absolute atomic E-state index is 12.1. The van der Waals surface area contributed by atoms with Gasteiger partial charge in [0.2, 0.25) is 0 Å². The van der Waals surface area contributed by atoms with Crippen molar-refractivity contribution in [2.45, 2.75) is 109 Å². The fourth-order valence-corrected chi connectivity index (χ4v) is 3.85. The minimum absolute atomic E-state index is 0.00155. The first kappa shape index (κ1) is 21.9. The summed E-state index contributed by atoms with van der Waals surface area (Å²) in [5.41, 5.74) is 0.0519. The molecule has 0 aromatic rings. The number of carbonyl (C=O) groups excluding carboxylic acids is 2. The lowest BCUT2D eigenvalue weighted by Crippen LogP contribution is -2.60. The van der Waals surface area contributed by atoms with Crippen molar-refractivity contribution in [1.29, 1.82) is 0 Å². The van der Waals surface area contributed by atoms with E-state index in [1.54, 1.807) is 0 Å². The van der Waals surface area contributed by atoms with E-state index in [-0.39, 0.29) is 29.6 Å². The Balaban J connectivity index is 2.19. The molecule has 0 saturated carbocycles. The molecule has 1 rings (SSSR count). The van der Waals surface area contributed by atoms with Crippen LogP contribution in [-0.2, 0) is 14.3 Å².